The number of aliphatic imine (C=N–C) groups is 1. The second kappa shape index (κ2) is 9.84. The van der Waals surface area contributed by atoms with Crippen LogP contribution in [0.3, 0.4) is 0 Å². The van der Waals surface area contributed by atoms with Crippen LogP contribution < -0.4 is 10.6 Å². The third-order valence-corrected chi connectivity index (χ3v) is 7.55. The number of hydrogen-bond acceptors (Lipinski definition) is 5. The van der Waals surface area contributed by atoms with E-state index in [0.717, 1.165) is 29.5 Å². The zero-order valence-corrected chi connectivity index (χ0v) is 21.5. The quantitative estimate of drug-likeness (QED) is 0.362. The normalized spacial score (nSPS) is 20.0. The highest BCUT2D eigenvalue weighted by Crippen LogP contribution is 2.42. The Morgan fingerprint density at radius 3 is 2.50 bits per heavy atom. The third-order valence-electron chi connectivity index (χ3n) is 7.55. The van der Waals surface area contributed by atoms with Crippen LogP contribution in [-0.2, 0) is 9.53 Å². The molecule has 1 aromatic heterocycles. The SMILES string of the molecule is O=C(N[C@H]1N=C(c2ccccc2)c2ccccc2NC1=O)c1cnn(C2CCO2)c1-c1ccc(C2CC2)cc1F. The summed E-state index contributed by atoms with van der Waals surface area (Å²) in [6.07, 6.45) is 2.58. The number of amides is 2. The number of nitrogens with zero attached hydrogens (tertiary/aromatic N) is 3. The molecule has 2 N–H and O–H groups in total. The van der Waals surface area contributed by atoms with E-state index in [1.807, 2.05) is 54.6 Å². The molecule has 8 nitrogen and oxygen atoms in total. The Balaban J connectivity index is 1.26. The lowest BCUT2D eigenvalue weighted by atomic mass is 10.0. The van der Waals surface area contributed by atoms with Crippen molar-refractivity contribution in [1.82, 2.24) is 15.1 Å². The van der Waals surface area contributed by atoms with Crippen molar-refractivity contribution >= 4 is 23.2 Å². The molecule has 200 valence electrons. The molecule has 4 aromatic rings. The van der Waals surface area contributed by atoms with Crippen molar-refractivity contribution in [1.29, 1.82) is 0 Å². The Kier molecular flexibility index (Phi) is 6.00. The van der Waals surface area contributed by atoms with Crippen LogP contribution in [0, 0.1) is 5.82 Å². The minimum Gasteiger partial charge on any atom is -0.356 e. The summed E-state index contributed by atoms with van der Waals surface area (Å²) in [6.45, 7) is 0.564. The van der Waals surface area contributed by atoms with Crippen LogP contribution in [-0.4, -0.2) is 40.1 Å². The van der Waals surface area contributed by atoms with Crippen molar-refractivity contribution in [3.05, 3.63) is 107 Å². The van der Waals surface area contributed by atoms with Crippen molar-refractivity contribution in [2.75, 3.05) is 11.9 Å². The number of fused-ring (bicyclic) bond motifs is 1. The highest BCUT2D eigenvalue weighted by atomic mass is 19.1. The second-order valence-electron chi connectivity index (χ2n) is 10.2. The molecule has 2 amide bonds. The van der Waals surface area contributed by atoms with E-state index in [4.69, 9.17) is 9.73 Å². The molecule has 3 aromatic carbocycles. The predicted molar refractivity (Wildman–Crippen MR) is 148 cm³/mol. The van der Waals surface area contributed by atoms with Gasteiger partial charge in [0.15, 0.2) is 6.23 Å². The van der Waals surface area contributed by atoms with Gasteiger partial charge in [0, 0.05) is 23.1 Å². The smallest absolute Gasteiger partial charge is 0.269 e. The number of benzene rings is 3. The molecule has 3 heterocycles. The van der Waals surface area contributed by atoms with Gasteiger partial charge in [0.1, 0.15) is 5.82 Å². The monoisotopic (exact) mass is 535 g/mol. The van der Waals surface area contributed by atoms with E-state index in [9.17, 15) is 9.59 Å². The molecular formula is C31H26FN5O3. The fraction of sp³-hybridized carbons (Fsp3) is 0.226. The van der Waals surface area contributed by atoms with E-state index in [2.05, 4.69) is 15.7 Å². The van der Waals surface area contributed by atoms with Crippen LogP contribution in [0.1, 0.15) is 58.5 Å². The molecule has 2 fully saturated rings. The topological polar surface area (TPSA) is 97.6 Å². The van der Waals surface area contributed by atoms with Crippen molar-refractivity contribution < 1.29 is 18.7 Å². The van der Waals surface area contributed by atoms with Gasteiger partial charge in [-0.1, -0.05) is 54.6 Å². The maximum absolute atomic E-state index is 15.5. The summed E-state index contributed by atoms with van der Waals surface area (Å²) < 4.78 is 22.7. The number of rotatable bonds is 6. The van der Waals surface area contributed by atoms with Gasteiger partial charge in [-0.15, -0.1) is 0 Å². The number of nitrogens with one attached hydrogen (secondary N) is 2. The summed E-state index contributed by atoms with van der Waals surface area (Å²) in [5, 5.41) is 10.0. The predicted octanol–water partition coefficient (Wildman–Crippen LogP) is 5.03. The van der Waals surface area contributed by atoms with Crippen molar-refractivity contribution in [2.24, 2.45) is 4.99 Å². The Morgan fingerprint density at radius 2 is 1.77 bits per heavy atom. The van der Waals surface area contributed by atoms with Crippen LogP contribution in [0.25, 0.3) is 11.3 Å². The van der Waals surface area contributed by atoms with Gasteiger partial charge < -0.3 is 15.4 Å². The molecule has 1 unspecified atom stereocenters. The minimum atomic E-state index is -1.23. The van der Waals surface area contributed by atoms with Crippen molar-refractivity contribution in [3.8, 4) is 11.3 Å². The molecule has 1 aliphatic carbocycles. The van der Waals surface area contributed by atoms with Crippen LogP contribution in [0.2, 0.25) is 0 Å². The van der Waals surface area contributed by atoms with Crippen LogP contribution >= 0.6 is 0 Å². The zero-order chi connectivity index (χ0) is 27.2. The van der Waals surface area contributed by atoms with Gasteiger partial charge in [0.05, 0.1) is 35.5 Å². The fourth-order valence-electron chi connectivity index (χ4n) is 5.21. The number of ether oxygens (including phenoxy) is 1. The lowest BCUT2D eigenvalue weighted by Gasteiger charge is -2.28. The Hall–Kier alpha value is -4.63. The lowest BCUT2D eigenvalue weighted by Crippen LogP contribution is -2.42. The van der Waals surface area contributed by atoms with E-state index >= 15 is 4.39 Å². The average molecular weight is 536 g/mol. The molecule has 9 heteroatoms. The maximum atomic E-state index is 15.5. The fourth-order valence-corrected chi connectivity index (χ4v) is 5.21. The first kappa shape index (κ1) is 24.4. The molecule has 40 heavy (non-hydrogen) atoms. The first-order chi connectivity index (χ1) is 19.6. The van der Waals surface area contributed by atoms with Crippen LogP contribution in [0.4, 0.5) is 10.1 Å². The molecule has 0 radical (unpaired) electrons. The standard InChI is InChI=1S/C31H26FN5O3/c32-24-16-20(18-10-11-18)12-13-21(24)28-23(17-33-37(28)26-14-15-40-26)30(38)36-29-31(39)34-25-9-5-4-8-22(25)27(35-29)19-6-2-1-3-7-19/h1-9,12-13,16-18,26,29H,10-11,14-15H2,(H,34,39)(H,36,38)/t26?,29-/m1/s1. The molecule has 1 saturated carbocycles. The third kappa shape index (κ3) is 4.38. The van der Waals surface area contributed by atoms with E-state index in [1.54, 1.807) is 22.9 Å². The second-order valence-corrected chi connectivity index (χ2v) is 10.2. The number of aromatic nitrogens is 2. The molecule has 7 rings (SSSR count). The van der Waals surface area contributed by atoms with E-state index in [-0.39, 0.29) is 11.1 Å². The van der Waals surface area contributed by atoms with Gasteiger partial charge in [-0.05, 0) is 42.5 Å². The summed E-state index contributed by atoms with van der Waals surface area (Å²) in [5.41, 5.74) is 4.38. The lowest BCUT2D eigenvalue weighted by molar-refractivity contribution is -0.117. The number of para-hydroxylation sites is 1. The van der Waals surface area contributed by atoms with Gasteiger partial charge >= 0.3 is 0 Å². The molecule has 3 aliphatic rings. The number of benzodiazepines with no additional fused rings is 1. The van der Waals surface area contributed by atoms with Crippen molar-refractivity contribution in [3.63, 3.8) is 0 Å². The average Bonchev–Trinajstić information content (AvgIpc) is 3.72. The van der Waals surface area contributed by atoms with Gasteiger partial charge in [-0.25, -0.2) is 14.1 Å². The van der Waals surface area contributed by atoms with E-state index < -0.39 is 30.0 Å². The van der Waals surface area contributed by atoms with E-state index in [1.165, 1.54) is 6.20 Å². The zero-order valence-electron chi connectivity index (χ0n) is 21.5. The summed E-state index contributed by atoms with van der Waals surface area (Å²) in [5.74, 6) is -1.11. The highest BCUT2D eigenvalue weighted by molar-refractivity contribution is 6.20. The van der Waals surface area contributed by atoms with Crippen LogP contribution in [0.15, 0.2) is 84.0 Å². The number of hydrogen-bond donors (Lipinski definition) is 2. The number of carbonyl (C=O) groups excluding carboxylic acids is 2. The largest absolute Gasteiger partial charge is 0.356 e. The molecule has 2 atom stereocenters. The Morgan fingerprint density at radius 1 is 1.00 bits per heavy atom. The first-order valence-electron chi connectivity index (χ1n) is 13.4. The molecule has 1 saturated heterocycles. The number of anilines is 1. The molecular weight excluding hydrogens is 509 g/mol. The number of halogens is 1. The van der Waals surface area contributed by atoms with Gasteiger partial charge in [-0.3, -0.25) is 9.59 Å². The molecule has 0 bridgehead atoms. The minimum absolute atomic E-state index is 0.139. The summed E-state index contributed by atoms with van der Waals surface area (Å²) >= 11 is 0. The summed E-state index contributed by atoms with van der Waals surface area (Å²) in [6, 6.07) is 22.0. The van der Waals surface area contributed by atoms with Gasteiger partial charge in [0.2, 0.25) is 6.17 Å². The van der Waals surface area contributed by atoms with Gasteiger partial charge in [-0.2, -0.15) is 5.10 Å². The van der Waals surface area contributed by atoms with Crippen LogP contribution in [0.5, 0.6) is 0 Å². The van der Waals surface area contributed by atoms with Crippen molar-refractivity contribution in [2.45, 2.75) is 37.6 Å². The Labute approximate surface area is 229 Å². The van der Waals surface area contributed by atoms with Gasteiger partial charge in [0.25, 0.3) is 11.8 Å². The summed E-state index contributed by atoms with van der Waals surface area (Å²) in [4.78, 5) is 31.7. The Bertz CT molecular complexity index is 1660. The number of carbonyl (C=O) groups is 2. The molecule has 2 aliphatic heterocycles. The molecule has 0 spiro atoms. The first-order valence-corrected chi connectivity index (χ1v) is 13.4. The summed E-state index contributed by atoms with van der Waals surface area (Å²) in [7, 11) is 0. The highest BCUT2D eigenvalue weighted by Gasteiger charge is 2.33. The van der Waals surface area contributed by atoms with E-state index in [0.29, 0.717) is 36.0 Å². The maximum Gasteiger partial charge on any atom is 0.269 e.